The van der Waals surface area contributed by atoms with Gasteiger partial charge in [0.1, 0.15) is 13.3 Å². The highest BCUT2D eigenvalue weighted by molar-refractivity contribution is 9.10. The highest BCUT2D eigenvalue weighted by atomic mass is 79.9. The average molecular weight is 428 g/mol. The van der Waals surface area contributed by atoms with E-state index in [1.54, 1.807) is 4.57 Å². The topological polar surface area (TPSA) is 37.6 Å². The van der Waals surface area contributed by atoms with E-state index in [4.69, 9.17) is 0 Å². The molecular formula is C20H18BrN3OS. The average Bonchev–Trinajstić information content (AvgIpc) is 2.93. The molecule has 1 aliphatic rings. The van der Waals surface area contributed by atoms with Crippen LogP contribution in [0.3, 0.4) is 0 Å². The molecular weight excluding hydrogens is 410 g/mol. The van der Waals surface area contributed by atoms with Gasteiger partial charge in [0.05, 0.1) is 4.53 Å². The number of nitrogens with zero attached hydrogens (tertiary/aromatic N) is 3. The first kappa shape index (κ1) is 17.2. The first-order valence-electron chi connectivity index (χ1n) is 8.35. The number of anilines is 1. The van der Waals surface area contributed by atoms with Crippen LogP contribution in [0.1, 0.15) is 16.7 Å². The fourth-order valence-corrected chi connectivity index (χ4v) is 4.32. The third kappa shape index (κ3) is 3.27. The third-order valence-corrected chi connectivity index (χ3v) is 6.12. The molecule has 1 aliphatic heterocycles. The summed E-state index contributed by atoms with van der Waals surface area (Å²) < 4.78 is 3.47. The van der Waals surface area contributed by atoms with Crippen molar-refractivity contribution in [2.45, 2.75) is 20.5 Å². The van der Waals surface area contributed by atoms with Crippen molar-refractivity contribution >= 4 is 39.0 Å². The van der Waals surface area contributed by atoms with Crippen LogP contribution < -0.4 is 19.8 Å². The number of halogens is 1. The standard InChI is InChI=1S/C20H18BrN3OS/c1-13-6-7-17(8-14(13)2)23-11-22-20-24(12-23)19(25)18(26-20)10-15-4-3-5-16(21)9-15/h3-10H,11-12H2,1-2H3/b18-10-. The molecule has 26 heavy (non-hydrogen) atoms. The molecule has 0 amide bonds. The van der Waals surface area contributed by atoms with Gasteiger partial charge in [0, 0.05) is 10.2 Å². The minimum absolute atomic E-state index is 0.0160. The smallest absolute Gasteiger partial charge is 0.271 e. The van der Waals surface area contributed by atoms with Crippen molar-refractivity contribution in [2.24, 2.45) is 4.99 Å². The van der Waals surface area contributed by atoms with Crippen LogP contribution >= 0.6 is 27.3 Å². The summed E-state index contributed by atoms with van der Waals surface area (Å²) >= 11 is 4.92. The number of hydrogen-bond donors (Lipinski definition) is 0. The fourth-order valence-electron chi connectivity index (χ4n) is 2.95. The summed E-state index contributed by atoms with van der Waals surface area (Å²) in [6.07, 6.45) is 1.93. The Labute approximate surface area is 163 Å². The van der Waals surface area contributed by atoms with Crippen LogP contribution in [0.2, 0.25) is 0 Å². The Morgan fingerprint density at radius 2 is 2.00 bits per heavy atom. The predicted molar refractivity (Wildman–Crippen MR) is 110 cm³/mol. The van der Waals surface area contributed by atoms with E-state index >= 15 is 0 Å². The lowest BCUT2D eigenvalue weighted by atomic mass is 10.1. The van der Waals surface area contributed by atoms with E-state index in [0.717, 1.165) is 20.5 Å². The lowest BCUT2D eigenvalue weighted by Gasteiger charge is -2.26. The molecule has 0 saturated heterocycles. The zero-order valence-electron chi connectivity index (χ0n) is 14.6. The summed E-state index contributed by atoms with van der Waals surface area (Å²) in [4.78, 5) is 20.4. The van der Waals surface area contributed by atoms with Gasteiger partial charge in [-0.3, -0.25) is 9.36 Å². The maximum atomic E-state index is 12.8. The molecule has 0 spiro atoms. The zero-order chi connectivity index (χ0) is 18.3. The fraction of sp³-hybridized carbons (Fsp3) is 0.200. The Morgan fingerprint density at radius 1 is 1.15 bits per heavy atom. The molecule has 0 unspecified atom stereocenters. The quantitative estimate of drug-likeness (QED) is 0.629. The van der Waals surface area contributed by atoms with Gasteiger partial charge in [0.15, 0.2) is 4.80 Å². The molecule has 4 nitrogen and oxygen atoms in total. The van der Waals surface area contributed by atoms with Gasteiger partial charge in [0.25, 0.3) is 5.56 Å². The summed E-state index contributed by atoms with van der Waals surface area (Å²) in [5.41, 5.74) is 4.62. The highest BCUT2D eigenvalue weighted by Gasteiger charge is 2.16. The van der Waals surface area contributed by atoms with E-state index in [1.165, 1.54) is 22.5 Å². The maximum absolute atomic E-state index is 12.8. The van der Waals surface area contributed by atoms with Crippen molar-refractivity contribution < 1.29 is 0 Å². The van der Waals surface area contributed by atoms with Gasteiger partial charge in [-0.1, -0.05) is 45.5 Å². The lowest BCUT2D eigenvalue weighted by Crippen LogP contribution is -2.42. The lowest BCUT2D eigenvalue weighted by molar-refractivity contribution is 0.569. The van der Waals surface area contributed by atoms with Gasteiger partial charge < -0.3 is 4.90 Å². The van der Waals surface area contributed by atoms with Crippen LogP contribution in [-0.4, -0.2) is 11.2 Å². The number of benzene rings is 2. The van der Waals surface area contributed by atoms with Gasteiger partial charge in [0.2, 0.25) is 0 Å². The number of thiazole rings is 1. The Hall–Kier alpha value is -2.18. The molecule has 4 rings (SSSR count). The molecule has 2 aromatic carbocycles. The van der Waals surface area contributed by atoms with Gasteiger partial charge >= 0.3 is 0 Å². The second-order valence-electron chi connectivity index (χ2n) is 6.43. The maximum Gasteiger partial charge on any atom is 0.271 e. The van der Waals surface area contributed by atoms with Gasteiger partial charge in [-0.2, -0.15) is 0 Å². The Morgan fingerprint density at radius 3 is 2.77 bits per heavy atom. The molecule has 0 saturated carbocycles. The second-order valence-corrected chi connectivity index (χ2v) is 8.36. The number of hydrogen-bond acceptors (Lipinski definition) is 4. The number of fused-ring (bicyclic) bond motifs is 1. The van der Waals surface area contributed by atoms with Crippen LogP contribution in [0.4, 0.5) is 5.69 Å². The molecule has 2 heterocycles. The molecule has 3 aromatic rings. The molecule has 0 radical (unpaired) electrons. The van der Waals surface area contributed by atoms with Crippen molar-refractivity contribution in [3.05, 3.63) is 83.3 Å². The first-order chi connectivity index (χ1) is 12.5. The largest absolute Gasteiger partial charge is 0.334 e. The summed E-state index contributed by atoms with van der Waals surface area (Å²) in [5.74, 6) is 0. The van der Waals surface area contributed by atoms with Crippen LogP contribution in [0.15, 0.2) is 56.7 Å². The molecule has 0 N–H and O–H groups in total. The molecule has 0 bridgehead atoms. The minimum atomic E-state index is 0.0160. The Kier molecular flexibility index (Phi) is 4.54. The van der Waals surface area contributed by atoms with Crippen molar-refractivity contribution in [2.75, 3.05) is 11.6 Å². The molecule has 1 aromatic heterocycles. The van der Waals surface area contributed by atoms with Gasteiger partial charge in [-0.05, 0) is 60.9 Å². The highest BCUT2D eigenvalue weighted by Crippen LogP contribution is 2.20. The van der Waals surface area contributed by atoms with Crippen molar-refractivity contribution in [3.63, 3.8) is 0 Å². The molecule has 0 aliphatic carbocycles. The number of rotatable bonds is 2. The van der Waals surface area contributed by atoms with Crippen molar-refractivity contribution in [1.82, 2.24) is 4.57 Å². The van der Waals surface area contributed by atoms with Crippen LogP contribution in [0, 0.1) is 13.8 Å². The zero-order valence-corrected chi connectivity index (χ0v) is 17.0. The van der Waals surface area contributed by atoms with Crippen molar-refractivity contribution in [3.8, 4) is 0 Å². The summed E-state index contributed by atoms with van der Waals surface area (Å²) in [7, 11) is 0. The molecule has 6 heteroatoms. The monoisotopic (exact) mass is 427 g/mol. The van der Waals surface area contributed by atoms with E-state index in [1.807, 2.05) is 30.3 Å². The van der Waals surface area contributed by atoms with Crippen LogP contribution in [0.5, 0.6) is 0 Å². The van der Waals surface area contributed by atoms with E-state index in [-0.39, 0.29) is 5.56 Å². The van der Waals surface area contributed by atoms with E-state index in [2.05, 4.69) is 57.9 Å². The van der Waals surface area contributed by atoms with Crippen LogP contribution in [0.25, 0.3) is 6.08 Å². The summed E-state index contributed by atoms with van der Waals surface area (Å²) in [5, 5.41) is 0. The number of aryl methyl sites for hydroxylation is 2. The molecule has 0 fully saturated rings. The second kappa shape index (κ2) is 6.85. The van der Waals surface area contributed by atoms with Gasteiger partial charge in [-0.25, -0.2) is 4.99 Å². The van der Waals surface area contributed by atoms with Gasteiger partial charge in [-0.15, -0.1) is 0 Å². The van der Waals surface area contributed by atoms with Crippen molar-refractivity contribution in [1.29, 1.82) is 0 Å². The van der Waals surface area contributed by atoms with E-state index in [0.29, 0.717) is 17.9 Å². The molecule has 0 atom stereocenters. The number of aromatic nitrogens is 1. The third-order valence-electron chi connectivity index (χ3n) is 4.58. The minimum Gasteiger partial charge on any atom is -0.334 e. The first-order valence-corrected chi connectivity index (χ1v) is 9.96. The van der Waals surface area contributed by atoms with Crippen LogP contribution in [-0.2, 0) is 6.67 Å². The summed E-state index contributed by atoms with van der Waals surface area (Å²) in [6.45, 7) is 5.31. The predicted octanol–water partition coefficient (Wildman–Crippen LogP) is 3.17. The normalized spacial score (nSPS) is 14.3. The Balaban J connectivity index is 1.72. The van der Waals surface area contributed by atoms with E-state index in [9.17, 15) is 4.79 Å². The SMILES string of the molecule is Cc1ccc(N2CN=c3s/c(=C\c4cccc(Br)c4)c(=O)n3C2)cc1C. The molecule has 132 valence electrons. The van der Waals surface area contributed by atoms with E-state index < -0.39 is 0 Å². The Bertz CT molecular complexity index is 1160. The summed E-state index contributed by atoms with van der Waals surface area (Å²) in [6, 6.07) is 14.3.